The number of morpholine rings is 1. The fourth-order valence-electron chi connectivity index (χ4n) is 3.23. The van der Waals surface area contributed by atoms with E-state index in [9.17, 15) is 4.79 Å². The summed E-state index contributed by atoms with van der Waals surface area (Å²) in [5, 5.41) is 0. The molecule has 0 unspecified atom stereocenters. The highest BCUT2D eigenvalue weighted by Gasteiger charge is 2.25. The van der Waals surface area contributed by atoms with Gasteiger partial charge in [-0.25, -0.2) is 4.98 Å². The number of carbonyl (C=O) groups excluding carboxylic acids is 1. The van der Waals surface area contributed by atoms with Gasteiger partial charge in [-0.3, -0.25) is 9.78 Å². The van der Waals surface area contributed by atoms with Crippen molar-refractivity contribution in [3.05, 3.63) is 60.2 Å². The number of carbonyl (C=O) groups is 1. The van der Waals surface area contributed by atoms with Crippen LogP contribution in [0.4, 0.5) is 0 Å². The predicted molar refractivity (Wildman–Crippen MR) is 94.0 cm³/mol. The van der Waals surface area contributed by atoms with Gasteiger partial charge in [-0.15, -0.1) is 0 Å². The van der Waals surface area contributed by atoms with Gasteiger partial charge in [0, 0.05) is 18.4 Å². The quantitative estimate of drug-likeness (QED) is 0.736. The number of aromatic nitrogens is 3. The van der Waals surface area contributed by atoms with Crippen molar-refractivity contribution in [2.75, 3.05) is 19.7 Å². The number of amides is 1. The van der Waals surface area contributed by atoms with E-state index in [1.54, 1.807) is 12.5 Å². The van der Waals surface area contributed by atoms with E-state index in [0.717, 1.165) is 22.3 Å². The Morgan fingerprint density at radius 2 is 2.16 bits per heavy atom. The van der Waals surface area contributed by atoms with E-state index in [1.807, 2.05) is 52.8 Å². The summed E-state index contributed by atoms with van der Waals surface area (Å²) >= 11 is 0. The van der Waals surface area contributed by atoms with Crippen LogP contribution < -0.4 is 0 Å². The summed E-state index contributed by atoms with van der Waals surface area (Å²) < 4.78 is 7.77. The van der Waals surface area contributed by atoms with Crippen LogP contribution in [-0.2, 0) is 16.1 Å². The molecule has 0 N–H and O–H groups in total. The molecule has 2 aromatic heterocycles. The Labute approximate surface area is 146 Å². The second-order valence-electron chi connectivity index (χ2n) is 6.29. The second-order valence-corrected chi connectivity index (χ2v) is 6.29. The maximum absolute atomic E-state index is 12.8. The summed E-state index contributed by atoms with van der Waals surface area (Å²) in [6, 6.07) is 11.8. The van der Waals surface area contributed by atoms with Gasteiger partial charge in [0.2, 0.25) is 5.91 Å². The first-order valence-corrected chi connectivity index (χ1v) is 8.42. The number of para-hydroxylation sites is 2. The fraction of sp³-hybridized carbons (Fsp3) is 0.316. The van der Waals surface area contributed by atoms with Gasteiger partial charge in [0.05, 0.1) is 30.5 Å². The van der Waals surface area contributed by atoms with Crippen LogP contribution in [0, 0.1) is 6.92 Å². The molecule has 3 aromatic rings. The van der Waals surface area contributed by atoms with Gasteiger partial charge in [0.15, 0.2) is 0 Å². The number of aryl methyl sites for hydroxylation is 1. The van der Waals surface area contributed by atoms with Crippen LogP contribution in [0.25, 0.3) is 11.0 Å². The highest BCUT2D eigenvalue weighted by atomic mass is 16.5. The van der Waals surface area contributed by atoms with Crippen LogP contribution in [0.2, 0.25) is 0 Å². The number of rotatable bonds is 3. The minimum atomic E-state index is -0.0982. The molecule has 1 fully saturated rings. The molecule has 0 saturated carbocycles. The Hall–Kier alpha value is -2.73. The number of hydrogen-bond acceptors (Lipinski definition) is 4. The van der Waals surface area contributed by atoms with E-state index in [4.69, 9.17) is 4.74 Å². The molecule has 4 rings (SSSR count). The zero-order valence-corrected chi connectivity index (χ0v) is 14.1. The molecule has 0 radical (unpaired) electrons. The maximum atomic E-state index is 12.8. The van der Waals surface area contributed by atoms with Crippen molar-refractivity contribution in [1.29, 1.82) is 0 Å². The molecule has 0 spiro atoms. The number of fused-ring (bicyclic) bond motifs is 1. The Balaban J connectivity index is 1.48. The number of benzene rings is 1. The third-order valence-electron chi connectivity index (χ3n) is 4.54. The van der Waals surface area contributed by atoms with E-state index in [0.29, 0.717) is 26.2 Å². The van der Waals surface area contributed by atoms with Crippen molar-refractivity contribution in [2.45, 2.75) is 19.6 Å². The molecule has 1 amide bonds. The van der Waals surface area contributed by atoms with Gasteiger partial charge < -0.3 is 14.2 Å². The zero-order valence-electron chi connectivity index (χ0n) is 14.1. The number of pyridine rings is 1. The lowest BCUT2D eigenvalue weighted by Gasteiger charge is -2.33. The zero-order chi connectivity index (χ0) is 17.2. The number of imidazole rings is 1. The molecule has 1 aliphatic rings. The van der Waals surface area contributed by atoms with Crippen molar-refractivity contribution in [2.24, 2.45) is 0 Å². The van der Waals surface area contributed by atoms with Crippen molar-refractivity contribution >= 4 is 16.9 Å². The molecule has 6 nitrogen and oxygen atoms in total. The van der Waals surface area contributed by atoms with Crippen LogP contribution in [0.15, 0.2) is 48.9 Å². The normalized spacial score (nSPS) is 17.8. The largest absolute Gasteiger partial charge is 0.370 e. The Morgan fingerprint density at radius 3 is 3.04 bits per heavy atom. The molecule has 1 saturated heterocycles. The number of hydrogen-bond donors (Lipinski definition) is 0. The predicted octanol–water partition coefficient (Wildman–Crippen LogP) is 2.34. The monoisotopic (exact) mass is 336 g/mol. The highest BCUT2D eigenvalue weighted by Crippen LogP contribution is 2.23. The number of ether oxygens (including phenoxy) is 1. The molecule has 128 valence electrons. The topological polar surface area (TPSA) is 60.2 Å². The molecule has 25 heavy (non-hydrogen) atoms. The van der Waals surface area contributed by atoms with E-state index in [2.05, 4.69) is 9.97 Å². The first kappa shape index (κ1) is 15.8. The fourth-order valence-corrected chi connectivity index (χ4v) is 3.23. The van der Waals surface area contributed by atoms with Gasteiger partial charge in [0.25, 0.3) is 0 Å². The van der Waals surface area contributed by atoms with Gasteiger partial charge in [-0.1, -0.05) is 12.1 Å². The van der Waals surface area contributed by atoms with Gasteiger partial charge in [-0.05, 0) is 36.8 Å². The molecule has 6 heteroatoms. The summed E-state index contributed by atoms with van der Waals surface area (Å²) in [6.07, 6.45) is 3.41. The average molecular weight is 336 g/mol. The SMILES string of the molecule is Cc1cc([C@@H]2CN(C(=O)Cn3cnc4ccccc43)CCO2)ccn1. The van der Waals surface area contributed by atoms with Crippen LogP contribution >= 0.6 is 0 Å². The molecule has 3 heterocycles. The molecule has 1 aliphatic heterocycles. The van der Waals surface area contributed by atoms with Crippen LogP contribution in [0.5, 0.6) is 0 Å². The van der Waals surface area contributed by atoms with Crippen LogP contribution in [-0.4, -0.2) is 45.0 Å². The maximum Gasteiger partial charge on any atom is 0.242 e. The Bertz CT molecular complexity index is 905. The van der Waals surface area contributed by atoms with Crippen molar-refractivity contribution in [3.63, 3.8) is 0 Å². The lowest BCUT2D eigenvalue weighted by Crippen LogP contribution is -2.43. The van der Waals surface area contributed by atoms with Crippen molar-refractivity contribution in [3.8, 4) is 0 Å². The van der Waals surface area contributed by atoms with Crippen molar-refractivity contribution in [1.82, 2.24) is 19.4 Å². The summed E-state index contributed by atoms with van der Waals surface area (Å²) in [6.45, 7) is 3.98. The molecule has 0 bridgehead atoms. The third kappa shape index (κ3) is 3.25. The molecule has 0 aliphatic carbocycles. The third-order valence-corrected chi connectivity index (χ3v) is 4.54. The first-order chi connectivity index (χ1) is 12.2. The van der Waals surface area contributed by atoms with Crippen molar-refractivity contribution < 1.29 is 9.53 Å². The minimum absolute atomic E-state index is 0.0854. The summed E-state index contributed by atoms with van der Waals surface area (Å²) in [4.78, 5) is 23.2. The Kier molecular flexibility index (Phi) is 4.19. The Morgan fingerprint density at radius 1 is 1.28 bits per heavy atom. The minimum Gasteiger partial charge on any atom is -0.370 e. The van der Waals surface area contributed by atoms with E-state index < -0.39 is 0 Å². The van der Waals surface area contributed by atoms with Gasteiger partial charge in [0.1, 0.15) is 12.6 Å². The van der Waals surface area contributed by atoms with Crippen LogP contribution in [0.1, 0.15) is 17.4 Å². The summed E-state index contributed by atoms with van der Waals surface area (Å²) in [7, 11) is 0. The summed E-state index contributed by atoms with van der Waals surface area (Å²) in [5.74, 6) is 0.0854. The smallest absolute Gasteiger partial charge is 0.242 e. The molecular formula is C19H20N4O2. The van der Waals surface area contributed by atoms with E-state index in [-0.39, 0.29) is 12.0 Å². The van der Waals surface area contributed by atoms with E-state index >= 15 is 0 Å². The standard InChI is InChI=1S/C19H20N4O2/c1-14-10-15(6-7-20-14)18-11-22(8-9-25-18)19(24)12-23-13-21-16-4-2-3-5-17(16)23/h2-7,10,13,18H,8-9,11-12H2,1H3/t18-/m0/s1. The highest BCUT2D eigenvalue weighted by molar-refractivity contribution is 5.80. The summed E-state index contributed by atoms with van der Waals surface area (Å²) in [5.41, 5.74) is 3.90. The molecular weight excluding hydrogens is 316 g/mol. The molecule has 1 atom stereocenters. The average Bonchev–Trinajstić information content (AvgIpc) is 3.05. The van der Waals surface area contributed by atoms with Gasteiger partial charge in [-0.2, -0.15) is 0 Å². The molecule has 1 aromatic carbocycles. The van der Waals surface area contributed by atoms with Gasteiger partial charge >= 0.3 is 0 Å². The van der Waals surface area contributed by atoms with Crippen LogP contribution in [0.3, 0.4) is 0 Å². The lowest BCUT2D eigenvalue weighted by atomic mass is 10.1. The first-order valence-electron chi connectivity index (χ1n) is 8.42. The number of nitrogens with zero attached hydrogens (tertiary/aromatic N) is 4. The van der Waals surface area contributed by atoms with E-state index in [1.165, 1.54) is 0 Å². The second kappa shape index (κ2) is 6.64. The lowest BCUT2D eigenvalue weighted by molar-refractivity contribution is -0.139.